The summed E-state index contributed by atoms with van der Waals surface area (Å²) >= 11 is 0. The molecule has 0 radical (unpaired) electrons. The van der Waals surface area contributed by atoms with Crippen molar-refractivity contribution in [3.63, 3.8) is 0 Å². The third kappa shape index (κ3) is 3.96. The van der Waals surface area contributed by atoms with Crippen LogP contribution in [0.25, 0.3) is 6.08 Å². The summed E-state index contributed by atoms with van der Waals surface area (Å²) in [5.74, 6) is -1.47. The first-order valence-electron chi connectivity index (χ1n) is 4.86. The molecule has 1 unspecified atom stereocenters. The molecule has 0 aliphatic rings. The molecule has 4 heteroatoms. The van der Waals surface area contributed by atoms with Crippen molar-refractivity contribution in [3.05, 3.63) is 42.0 Å². The molecule has 0 aliphatic heterocycles. The maximum atomic E-state index is 11.3. The van der Waals surface area contributed by atoms with Crippen LogP contribution in [0.15, 0.2) is 36.4 Å². The fourth-order valence-electron chi connectivity index (χ4n) is 1.06. The number of aliphatic carboxylic acids is 1. The van der Waals surface area contributed by atoms with E-state index >= 15 is 0 Å². The Hall–Kier alpha value is -2.10. The largest absolute Gasteiger partial charge is 0.480 e. The fraction of sp³-hybridized carbons (Fsp3) is 0.167. The van der Waals surface area contributed by atoms with Crippen LogP contribution >= 0.6 is 0 Å². The summed E-state index contributed by atoms with van der Waals surface area (Å²) in [5.41, 5.74) is 0.889. The second-order valence-electron chi connectivity index (χ2n) is 3.31. The van der Waals surface area contributed by atoms with E-state index in [2.05, 4.69) is 5.32 Å². The molecular formula is C12H13NO3. The summed E-state index contributed by atoms with van der Waals surface area (Å²) in [7, 11) is 0. The predicted octanol–water partition coefficient (Wildman–Crippen LogP) is 1.29. The second-order valence-corrected chi connectivity index (χ2v) is 3.31. The standard InChI is InChI=1S/C12H13NO3/c1-9(12(15)16)13-11(14)8-7-10-5-3-2-4-6-10/h2-9H,1H3,(H,13,14)(H,15,16). The maximum Gasteiger partial charge on any atom is 0.325 e. The Kier molecular flexibility index (Phi) is 4.27. The Labute approximate surface area is 93.6 Å². The first-order chi connectivity index (χ1) is 7.59. The number of nitrogens with one attached hydrogen (secondary N) is 1. The minimum atomic E-state index is -1.05. The molecule has 4 nitrogen and oxygen atoms in total. The second kappa shape index (κ2) is 5.70. The zero-order chi connectivity index (χ0) is 12.0. The molecule has 1 atom stereocenters. The van der Waals surface area contributed by atoms with E-state index in [0.29, 0.717) is 0 Å². The Morgan fingerprint density at radius 1 is 1.31 bits per heavy atom. The highest BCUT2D eigenvalue weighted by atomic mass is 16.4. The van der Waals surface area contributed by atoms with E-state index < -0.39 is 17.9 Å². The van der Waals surface area contributed by atoms with Crippen molar-refractivity contribution in [1.82, 2.24) is 5.32 Å². The zero-order valence-electron chi connectivity index (χ0n) is 8.88. The van der Waals surface area contributed by atoms with Crippen LogP contribution in [0, 0.1) is 0 Å². The molecule has 0 saturated carbocycles. The lowest BCUT2D eigenvalue weighted by Crippen LogP contribution is -2.37. The summed E-state index contributed by atoms with van der Waals surface area (Å²) in [6, 6.07) is 8.42. The minimum Gasteiger partial charge on any atom is -0.480 e. The van der Waals surface area contributed by atoms with Gasteiger partial charge in [0, 0.05) is 6.08 Å². The van der Waals surface area contributed by atoms with Crippen LogP contribution in [0.2, 0.25) is 0 Å². The van der Waals surface area contributed by atoms with Crippen molar-refractivity contribution < 1.29 is 14.7 Å². The lowest BCUT2D eigenvalue weighted by Gasteiger charge is -2.05. The minimum absolute atomic E-state index is 0.418. The molecule has 84 valence electrons. The van der Waals surface area contributed by atoms with Crippen molar-refractivity contribution in [2.24, 2.45) is 0 Å². The van der Waals surface area contributed by atoms with E-state index in [1.54, 1.807) is 6.08 Å². The molecule has 0 aliphatic carbocycles. The number of rotatable bonds is 4. The average Bonchev–Trinajstić information content (AvgIpc) is 2.27. The third-order valence-electron chi connectivity index (χ3n) is 1.96. The van der Waals surface area contributed by atoms with Gasteiger partial charge in [-0.2, -0.15) is 0 Å². The van der Waals surface area contributed by atoms with Gasteiger partial charge in [0.05, 0.1) is 0 Å². The van der Waals surface area contributed by atoms with Crippen LogP contribution < -0.4 is 5.32 Å². The van der Waals surface area contributed by atoms with Gasteiger partial charge < -0.3 is 10.4 Å². The van der Waals surface area contributed by atoms with E-state index in [9.17, 15) is 9.59 Å². The van der Waals surface area contributed by atoms with E-state index in [1.807, 2.05) is 30.3 Å². The number of benzene rings is 1. The molecule has 0 heterocycles. The Morgan fingerprint density at radius 3 is 2.50 bits per heavy atom. The van der Waals surface area contributed by atoms with Crippen LogP contribution in [0.1, 0.15) is 12.5 Å². The van der Waals surface area contributed by atoms with Gasteiger partial charge in [0.15, 0.2) is 0 Å². The smallest absolute Gasteiger partial charge is 0.325 e. The van der Waals surface area contributed by atoms with Gasteiger partial charge in [-0.1, -0.05) is 30.3 Å². The van der Waals surface area contributed by atoms with Gasteiger partial charge >= 0.3 is 5.97 Å². The SMILES string of the molecule is CC(NC(=O)C=Cc1ccccc1)C(=O)O. The van der Waals surface area contributed by atoms with Crippen molar-refractivity contribution in [2.45, 2.75) is 13.0 Å². The Morgan fingerprint density at radius 2 is 1.94 bits per heavy atom. The lowest BCUT2D eigenvalue weighted by molar-refractivity contribution is -0.140. The van der Waals surface area contributed by atoms with E-state index in [4.69, 9.17) is 5.11 Å². The first kappa shape index (κ1) is 12.0. The summed E-state index contributed by atoms with van der Waals surface area (Å²) in [4.78, 5) is 21.7. The lowest BCUT2D eigenvalue weighted by atomic mass is 10.2. The third-order valence-corrected chi connectivity index (χ3v) is 1.96. The number of hydrogen-bond donors (Lipinski definition) is 2. The topological polar surface area (TPSA) is 66.4 Å². The van der Waals surface area contributed by atoms with Crippen molar-refractivity contribution in [2.75, 3.05) is 0 Å². The highest BCUT2D eigenvalue weighted by molar-refractivity contribution is 5.94. The van der Waals surface area contributed by atoms with Crippen LogP contribution in [0.4, 0.5) is 0 Å². The predicted molar refractivity (Wildman–Crippen MR) is 60.7 cm³/mol. The molecule has 0 aromatic heterocycles. The molecule has 1 rings (SSSR count). The van der Waals surface area contributed by atoms with Crippen LogP contribution in [0.3, 0.4) is 0 Å². The van der Waals surface area contributed by atoms with E-state index in [0.717, 1.165) is 5.56 Å². The van der Waals surface area contributed by atoms with Gasteiger partial charge in [0.25, 0.3) is 0 Å². The number of carboxylic acid groups (broad SMARTS) is 1. The molecule has 1 aromatic carbocycles. The molecule has 0 saturated heterocycles. The highest BCUT2D eigenvalue weighted by Crippen LogP contribution is 2.00. The number of carbonyl (C=O) groups is 2. The van der Waals surface area contributed by atoms with Crippen LogP contribution in [0.5, 0.6) is 0 Å². The number of carboxylic acids is 1. The molecule has 1 aromatic rings. The van der Waals surface area contributed by atoms with E-state index in [1.165, 1.54) is 13.0 Å². The number of carbonyl (C=O) groups excluding carboxylic acids is 1. The summed E-state index contributed by atoms with van der Waals surface area (Å²) in [5, 5.41) is 10.9. The summed E-state index contributed by atoms with van der Waals surface area (Å²) in [6.45, 7) is 1.41. The highest BCUT2D eigenvalue weighted by Gasteiger charge is 2.11. The van der Waals surface area contributed by atoms with Crippen LogP contribution in [-0.2, 0) is 9.59 Å². The number of amides is 1. The van der Waals surface area contributed by atoms with Crippen LogP contribution in [-0.4, -0.2) is 23.0 Å². The Bertz CT molecular complexity index is 398. The molecule has 1 amide bonds. The normalized spacial score (nSPS) is 12.3. The monoisotopic (exact) mass is 219 g/mol. The van der Waals surface area contributed by atoms with Gasteiger partial charge in [0.1, 0.15) is 6.04 Å². The zero-order valence-corrected chi connectivity index (χ0v) is 8.88. The molecule has 0 bridgehead atoms. The average molecular weight is 219 g/mol. The first-order valence-corrected chi connectivity index (χ1v) is 4.86. The van der Waals surface area contributed by atoms with Gasteiger partial charge in [-0.15, -0.1) is 0 Å². The van der Waals surface area contributed by atoms with Gasteiger partial charge in [-0.25, -0.2) is 0 Å². The molecule has 2 N–H and O–H groups in total. The molecule has 0 spiro atoms. The number of hydrogen-bond acceptors (Lipinski definition) is 2. The molecule has 16 heavy (non-hydrogen) atoms. The molecular weight excluding hydrogens is 206 g/mol. The molecule has 0 fully saturated rings. The Balaban J connectivity index is 2.52. The summed E-state index contributed by atoms with van der Waals surface area (Å²) < 4.78 is 0. The van der Waals surface area contributed by atoms with Gasteiger partial charge in [-0.05, 0) is 18.6 Å². The van der Waals surface area contributed by atoms with Crippen molar-refractivity contribution in [1.29, 1.82) is 0 Å². The van der Waals surface area contributed by atoms with Gasteiger partial charge in [0.2, 0.25) is 5.91 Å². The van der Waals surface area contributed by atoms with E-state index in [-0.39, 0.29) is 0 Å². The quantitative estimate of drug-likeness (QED) is 0.750. The van der Waals surface area contributed by atoms with Gasteiger partial charge in [-0.3, -0.25) is 9.59 Å². The summed E-state index contributed by atoms with van der Waals surface area (Å²) in [6.07, 6.45) is 2.94. The van der Waals surface area contributed by atoms with Crippen molar-refractivity contribution >= 4 is 18.0 Å². The maximum absolute atomic E-state index is 11.3. The van der Waals surface area contributed by atoms with Crippen molar-refractivity contribution in [3.8, 4) is 0 Å². The fourth-order valence-corrected chi connectivity index (χ4v) is 1.06.